The molecule has 0 atom stereocenters. The van der Waals surface area contributed by atoms with E-state index in [2.05, 4.69) is 25.3 Å². The maximum Gasteiger partial charge on any atom is 0.184 e. The predicted molar refractivity (Wildman–Crippen MR) is 76.0 cm³/mol. The van der Waals surface area contributed by atoms with Gasteiger partial charge in [-0.2, -0.15) is 4.68 Å². The van der Waals surface area contributed by atoms with Crippen molar-refractivity contribution in [3.05, 3.63) is 49.3 Å². The van der Waals surface area contributed by atoms with E-state index in [1.165, 1.54) is 6.33 Å². The zero-order chi connectivity index (χ0) is 14.2. The van der Waals surface area contributed by atoms with Crippen LogP contribution in [0.15, 0.2) is 49.3 Å². The lowest BCUT2D eigenvalue weighted by Crippen LogP contribution is -2.09. The maximum atomic E-state index is 6.19. The topological polar surface area (TPSA) is 100 Å². The van der Waals surface area contributed by atoms with Gasteiger partial charge < -0.3 is 5.73 Å². The smallest absolute Gasteiger partial charge is 0.184 e. The molecule has 0 bridgehead atoms. The Morgan fingerprint density at radius 3 is 2.76 bits per heavy atom. The van der Waals surface area contributed by atoms with E-state index in [9.17, 15) is 0 Å². The molecular weight excluding hydrogens is 268 g/mol. The highest BCUT2D eigenvalue weighted by Crippen LogP contribution is 2.22. The van der Waals surface area contributed by atoms with Crippen molar-refractivity contribution in [3.8, 4) is 11.6 Å². The average molecular weight is 278 g/mol. The minimum absolute atomic E-state index is 0.408. The third-order valence-corrected chi connectivity index (χ3v) is 3.14. The van der Waals surface area contributed by atoms with E-state index in [-0.39, 0.29) is 0 Å². The molecule has 2 N–H and O–H groups in total. The molecule has 0 spiro atoms. The van der Waals surface area contributed by atoms with Crippen LogP contribution in [-0.4, -0.2) is 34.5 Å². The molecule has 0 unspecified atom stereocenters. The van der Waals surface area contributed by atoms with Gasteiger partial charge in [-0.3, -0.25) is 4.57 Å². The zero-order valence-corrected chi connectivity index (χ0v) is 10.8. The molecular formula is C13H10N8. The Morgan fingerprint density at radius 2 is 1.90 bits per heavy atom. The molecule has 4 aromatic rings. The van der Waals surface area contributed by atoms with E-state index in [4.69, 9.17) is 5.73 Å². The van der Waals surface area contributed by atoms with Crippen molar-refractivity contribution < 1.29 is 0 Å². The summed E-state index contributed by atoms with van der Waals surface area (Å²) in [6, 6.07) is 7.61. The van der Waals surface area contributed by atoms with Crippen LogP contribution in [0.4, 0.5) is 5.69 Å². The third-order valence-electron chi connectivity index (χ3n) is 3.14. The first-order valence-corrected chi connectivity index (χ1v) is 6.24. The second-order valence-corrected chi connectivity index (χ2v) is 4.39. The van der Waals surface area contributed by atoms with Gasteiger partial charge in [0.15, 0.2) is 11.6 Å². The number of hydrogen-bond acceptors (Lipinski definition) is 6. The Labute approximate surface area is 118 Å². The van der Waals surface area contributed by atoms with Crippen LogP contribution in [-0.2, 0) is 0 Å². The molecule has 0 aliphatic heterocycles. The predicted octanol–water partition coefficient (Wildman–Crippen LogP) is 0.978. The van der Waals surface area contributed by atoms with Gasteiger partial charge in [0, 0.05) is 12.4 Å². The Morgan fingerprint density at radius 1 is 1.05 bits per heavy atom. The normalized spacial score (nSPS) is 11.0. The van der Waals surface area contributed by atoms with Crippen LogP contribution < -0.4 is 5.73 Å². The molecule has 3 aromatic heterocycles. The summed E-state index contributed by atoms with van der Waals surface area (Å²) >= 11 is 0. The van der Waals surface area contributed by atoms with Gasteiger partial charge in [0.2, 0.25) is 0 Å². The minimum Gasteiger partial charge on any atom is -0.393 e. The number of fused-ring (bicyclic) bond motifs is 1. The number of para-hydroxylation sites is 1. The van der Waals surface area contributed by atoms with Crippen molar-refractivity contribution in [1.29, 1.82) is 0 Å². The first-order valence-electron chi connectivity index (χ1n) is 6.24. The van der Waals surface area contributed by atoms with Gasteiger partial charge in [0.25, 0.3) is 0 Å². The molecule has 102 valence electrons. The van der Waals surface area contributed by atoms with Crippen molar-refractivity contribution in [2.75, 3.05) is 5.73 Å². The molecule has 0 fully saturated rings. The van der Waals surface area contributed by atoms with Crippen LogP contribution in [0.2, 0.25) is 0 Å². The molecule has 0 amide bonds. The number of aromatic nitrogens is 7. The zero-order valence-electron chi connectivity index (χ0n) is 10.8. The Hall–Kier alpha value is -3.29. The van der Waals surface area contributed by atoms with Crippen molar-refractivity contribution in [1.82, 2.24) is 34.5 Å². The SMILES string of the molecule is Nc1c(-n2ccnc2)ncnc1-n1nnc2ccccc21. The summed E-state index contributed by atoms with van der Waals surface area (Å²) in [6.07, 6.45) is 6.49. The highest BCUT2D eigenvalue weighted by atomic mass is 15.4. The lowest BCUT2D eigenvalue weighted by molar-refractivity contribution is 0.795. The van der Waals surface area contributed by atoms with Gasteiger partial charge in [-0.1, -0.05) is 17.3 Å². The summed E-state index contributed by atoms with van der Waals surface area (Å²) in [7, 11) is 0. The quantitative estimate of drug-likeness (QED) is 0.586. The number of hydrogen-bond donors (Lipinski definition) is 1. The number of benzene rings is 1. The highest BCUT2D eigenvalue weighted by molar-refractivity contribution is 5.77. The van der Waals surface area contributed by atoms with E-state index in [0.29, 0.717) is 17.3 Å². The van der Waals surface area contributed by atoms with Gasteiger partial charge >= 0.3 is 0 Å². The molecule has 3 heterocycles. The molecule has 0 aliphatic carbocycles. The summed E-state index contributed by atoms with van der Waals surface area (Å²) in [4.78, 5) is 12.4. The van der Waals surface area contributed by atoms with Gasteiger partial charge in [-0.25, -0.2) is 15.0 Å². The van der Waals surface area contributed by atoms with Crippen molar-refractivity contribution >= 4 is 16.7 Å². The largest absolute Gasteiger partial charge is 0.393 e. The molecule has 21 heavy (non-hydrogen) atoms. The number of nitrogens with zero attached hydrogens (tertiary/aromatic N) is 7. The van der Waals surface area contributed by atoms with Crippen LogP contribution in [0, 0.1) is 0 Å². The summed E-state index contributed by atoms with van der Waals surface area (Å²) in [5.74, 6) is 1.04. The fourth-order valence-electron chi connectivity index (χ4n) is 2.16. The lowest BCUT2D eigenvalue weighted by Gasteiger charge is -2.09. The van der Waals surface area contributed by atoms with Crippen LogP contribution in [0.3, 0.4) is 0 Å². The molecule has 8 heteroatoms. The average Bonchev–Trinajstić information content (AvgIpc) is 3.17. The number of nitrogen functional groups attached to an aromatic ring is 1. The van der Waals surface area contributed by atoms with Gasteiger partial charge in [-0.15, -0.1) is 5.10 Å². The Balaban J connectivity index is 1.95. The monoisotopic (exact) mass is 278 g/mol. The molecule has 1 aromatic carbocycles. The number of imidazole rings is 1. The van der Waals surface area contributed by atoms with Crippen LogP contribution in [0.1, 0.15) is 0 Å². The number of anilines is 1. The van der Waals surface area contributed by atoms with Crippen LogP contribution >= 0.6 is 0 Å². The minimum atomic E-state index is 0.408. The summed E-state index contributed by atoms with van der Waals surface area (Å²) in [6.45, 7) is 0. The Kier molecular flexibility index (Phi) is 2.40. The van der Waals surface area contributed by atoms with E-state index < -0.39 is 0 Å². The fraction of sp³-hybridized carbons (Fsp3) is 0. The maximum absolute atomic E-state index is 6.19. The number of nitrogens with two attached hydrogens (primary N) is 1. The Bertz CT molecular complexity index is 909. The van der Waals surface area contributed by atoms with Gasteiger partial charge in [-0.05, 0) is 12.1 Å². The highest BCUT2D eigenvalue weighted by Gasteiger charge is 2.14. The molecule has 4 rings (SSSR count). The first-order chi connectivity index (χ1) is 10.3. The summed E-state index contributed by atoms with van der Waals surface area (Å²) in [5.41, 5.74) is 8.21. The first kappa shape index (κ1) is 11.5. The van der Waals surface area contributed by atoms with E-state index in [0.717, 1.165) is 11.0 Å². The molecule has 0 aliphatic rings. The molecule has 8 nitrogen and oxygen atoms in total. The van der Waals surface area contributed by atoms with Crippen LogP contribution in [0.25, 0.3) is 22.7 Å². The fourth-order valence-corrected chi connectivity index (χ4v) is 2.16. The summed E-state index contributed by atoms with van der Waals surface area (Å²) < 4.78 is 3.33. The second-order valence-electron chi connectivity index (χ2n) is 4.39. The van der Waals surface area contributed by atoms with E-state index in [1.807, 2.05) is 24.3 Å². The van der Waals surface area contributed by atoms with Crippen molar-refractivity contribution in [3.63, 3.8) is 0 Å². The van der Waals surface area contributed by atoms with Crippen molar-refractivity contribution in [2.24, 2.45) is 0 Å². The summed E-state index contributed by atoms with van der Waals surface area (Å²) in [5, 5.41) is 8.23. The van der Waals surface area contributed by atoms with Gasteiger partial charge in [0.05, 0.1) is 5.52 Å². The van der Waals surface area contributed by atoms with E-state index >= 15 is 0 Å². The third kappa shape index (κ3) is 1.73. The number of rotatable bonds is 2. The molecule has 0 radical (unpaired) electrons. The van der Waals surface area contributed by atoms with Crippen LogP contribution in [0.5, 0.6) is 0 Å². The molecule has 0 saturated heterocycles. The van der Waals surface area contributed by atoms with Crippen molar-refractivity contribution in [2.45, 2.75) is 0 Å². The lowest BCUT2D eigenvalue weighted by atomic mass is 10.3. The second kappa shape index (κ2) is 4.37. The van der Waals surface area contributed by atoms with Gasteiger partial charge in [0.1, 0.15) is 23.9 Å². The standard InChI is InChI=1S/C13H10N8/c14-11-12(20-6-5-15-8-20)16-7-17-13(11)21-10-4-2-1-3-9(10)18-19-21/h1-8H,14H2. The van der Waals surface area contributed by atoms with E-state index in [1.54, 1.807) is 28.0 Å². The molecule has 0 saturated carbocycles.